The number of sulfone groups is 1. The van der Waals surface area contributed by atoms with Crippen LogP contribution >= 0.6 is 0 Å². The lowest BCUT2D eigenvalue weighted by Crippen LogP contribution is -2.41. The van der Waals surface area contributed by atoms with E-state index in [1.807, 2.05) is 13.8 Å². The van der Waals surface area contributed by atoms with Crippen LogP contribution in [0.5, 0.6) is 0 Å². The van der Waals surface area contributed by atoms with Gasteiger partial charge >= 0.3 is 0 Å². The largest absolute Gasteiger partial charge is 0.327 e. The summed E-state index contributed by atoms with van der Waals surface area (Å²) in [6.07, 6.45) is 5.77. The highest BCUT2D eigenvalue weighted by Crippen LogP contribution is 2.24. The summed E-state index contributed by atoms with van der Waals surface area (Å²) in [6.45, 7) is 4.03. The van der Waals surface area contributed by atoms with Crippen LogP contribution in [0.1, 0.15) is 52.4 Å². The second kappa shape index (κ2) is 6.01. The summed E-state index contributed by atoms with van der Waals surface area (Å²) in [5.74, 6) is 0.558. The van der Waals surface area contributed by atoms with Crippen LogP contribution in [0.15, 0.2) is 0 Å². The minimum Gasteiger partial charge on any atom is -0.327 e. The summed E-state index contributed by atoms with van der Waals surface area (Å²) >= 11 is 0. The molecular weight excluding hydrogens is 222 g/mol. The van der Waals surface area contributed by atoms with Crippen molar-refractivity contribution in [3.63, 3.8) is 0 Å². The Morgan fingerprint density at radius 3 is 2.50 bits per heavy atom. The van der Waals surface area contributed by atoms with Crippen molar-refractivity contribution in [3.05, 3.63) is 0 Å². The fourth-order valence-corrected chi connectivity index (χ4v) is 4.86. The van der Waals surface area contributed by atoms with Gasteiger partial charge in [-0.1, -0.05) is 39.5 Å². The van der Waals surface area contributed by atoms with Crippen LogP contribution in [0, 0.1) is 5.92 Å². The third kappa shape index (κ3) is 3.74. The van der Waals surface area contributed by atoms with Gasteiger partial charge in [-0.15, -0.1) is 0 Å². The summed E-state index contributed by atoms with van der Waals surface area (Å²) in [4.78, 5) is 0. The Bertz CT molecular complexity index is 300. The van der Waals surface area contributed by atoms with E-state index in [4.69, 9.17) is 5.73 Å². The molecule has 0 aromatic rings. The summed E-state index contributed by atoms with van der Waals surface area (Å²) in [5.41, 5.74) is 6.00. The molecule has 1 saturated carbocycles. The second-order valence-electron chi connectivity index (χ2n) is 5.18. The van der Waals surface area contributed by atoms with Gasteiger partial charge in [0.1, 0.15) is 0 Å². The number of hydrogen-bond donors (Lipinski definition) is 1. The van der Waals surface area contributed by atoms with Crippen LogP contribution in [0.25, 0.3) is 0 Å². The quantitative estimate of drug-likeness (QED) is 0.774. The van der Waals surface area contributed by atoms with E-state index in [0.29, 0.717) is 5.75 Å². The molecule has 0 amide bonds. The van der Waals surface area contributed by atoms with Crippen LogP contribution in [-0.4, -0.2) is 25.5 Å². The summed E-state index contributed by atoms with van der Waals surface area (Å²) in [7, 11) is -2.99. The predicted octanol–water partition coefficient (Wildman–Crippen LogP) is 2.11. The Morgan fingerprint density at radius 1 is 1.25 bits per heavy atom. The molecule has 1 rings (SSSR count). The zero-order valence-electron chi connectivity index (χ0n) is 10.5. The molecule has 0 aromatic carbocycles. The standard InChI is InChI=1S/C12H25NO2S/c1-3-10(2)9-16(14,15)12-8-6-4-5-7-11(12)13/h10-12H,3-9,13H2,1-2H3. The molecule has 3 unspecified atom stereocenters. The highest BCUT2D eigenvalue weighted by molar-refractivity contribution is 7.92. The predicted molar refractivity (Wildman–Crippen MR) is 68.1 cm³/mol. The Hall–Kier alpha value is -0.0900. The maximum Gasteiger partial charge on any atom is 0.154 e. The fourth-order valence-electron chi connectivity index (χ4n) is 2.39. The van der Waals surface area contributed by atoms with E-state index in [1.165, 1.54) is 0 Å². The molecule has 2 N–H and O–H groups in total. The third-order valence-electron chi connectivity index (χ3n) is 3.68. The molecule has 0 aliphatic heterocycles. The second-order valence-corrected chi connectivity index (χ2v) is 7.45. The Kier molecular flexibility index (Phi) is 5.25. The number of hydrogen-bond acceptors (Lipinski definition) is 3. The van der Waals surface area contributed by atoms with Gasteiger partial charge in [-0.25, -0.2) is 8.42 Å². The first-order valence-corrected chi connectivity index (χ1v) is 8.16. The average molecular weight is 247 g/mol. The maximum atomic E-state index is 12.2. The first kappa shape index (κ1) is 14.0. The van der Waals surface area contributed by atoms with Gasteiger partial charge in [0.05, 0.1) is 11.0 Å². The van der Waals surface area contributed by atoms with E-state index >= 15 is 0 Å². The molecule has 1 aliphatic carbocycles. The molecule has 0 bridgehead atoms. The van der Waals surface area contributed by atoms with E-state index < -0.39 is 9.84 Å². The van der Waals surface area contributed by atoms with Gasteiger partial charge in [0.2, 0.25) is 0 Å². The van der Waals surface area contributed by atoms with Crippen molar-refractivity contribution in [1.29, 1.82) is 0 Å². The van der Waals surface area contributed by atoms with E-state index in [-0.39, 0.29) is 17.2 Å². The molecule has 3 nitrogen and oxygen atoms in total. The lowest BCUT2D eigenvalue weighted by Gasteiger charge is -2.23. The summed E-state index contributed by atoms with van der Waals surface area (Å²) < 4.78 is 24.5. The van der Waals surface area contributed by atoms with Crippen molar-refractivity contribution < 1.29 is 8.42 Å². The van der Waals surface area contributed by atoms with Crippen LogP contribution in [-0.2, 0) is 9.84 Å². The normalized spacial score (nSPS) is 29.7. The Labute approximate surface area is 99.7 Å². The molecule has 16 heavy (non-hydrogen) atoms. The summed E-state index contributed by atoms with van der Waals surface area (Å²) in [5, 5.41) is -0.288. The van der Waals surface area contributed by atoms with Crippen molar-refractivity contribution in [2.24, 2.45) is 11.7 Å². The molecule has 4 heteroatoms. The van der Waals surface area contributed by atoms with E-state index in [0.717, 1.165) is 38.5 Å². The molecular formula is C12H25NO2S. The Morgan fingerprint density at radius 2 is 1.88 bits per heavy atom. The van der Waals surface area contributed by atoms with Crippen LogP contribution in [0.3, 0.4) is 0 Å². The van der Waals surface area contributed by atoms with Crippen LogP contribution in [0.2, 0.25) is 0 Å². The third-order valence-corrected chi connectivity index (χ3v) is 6.22. The number of rotatable bonds is 4. The van der Waals surface area contributed by atoms with Crippen molar-refractivity contribution in [3.8, 4) is 0 Å². The maximum absolute atomic E-state index is 12.2. The summed E-state index contributed by atoms with van der Waals surface area (Å²) in [6, 6.07) is -0.142. The highest BCUT2D eigenvalue weighted by Gasteiger charge is 2.32. The van der Waals surface area contributed by atoms with Gasteiger partial charge in [-0.3, -0.25) is 0 Å². The van der Waals surface area contributed by atoms with Crippen molar-refractivity contribution in [2.45, 2.75) is 63.7 Å². The van der Waals surface area contributed by atoms with Gasteiger partial charge in [0.15, 0.2) is 9.84 Å². The van der Waals surface area contributed by atoms with E-state index in [9.17, 15) is 8.42 Å². The molecule has 0 aromatic heterocycles. The molecule has 1 fully saturated rings. The van der Waals surface area contributed by atoms with E-state index in [2.05, 4.69) is 0 Å². The van der Waals surface area contributed by atoms with Crippen molar-refractivity contribution in [2.75, 3.05) is 5.75 Å². The first-order chi connectivity index (χ1) is 7.47. The molecule has 0 heterocycles. The van der Waals surface area contributed by atoms with Crippen molar-refractivity contribution >= 4 is 9.84 Å². The van der Waals surface area contributed by atoms with Gasteiger partial charge < -0.3 is 5.73 Å². The first-order valence-electron chi connectivity index (χ1n) is 6.44. The Balaban J connectivity index is 2.72. The molecule has 0 spiro atoms. The molecule has 0 radical (unpaired) electrons. The molecule has 3 atom stereocenters. The topological polar surface area (TPSA) is 60.2 Å². The van der Waals surface area contributed by atoms with Gasteiger partial charge in [0.25, 0.3) is 0 Å². The van der Waals surface area contributed by atoms with Crippen molar-refractivity contribution in [1.82, 2.24) is 0 Å². The fraction of sp³-hybridized carbons (Fsp3) is 1.00. The number of nitrogens with two attached hydrogens (primary N) is 1. The van der Waals surface area contributed by atoms with Gasteiger partial charge in [-0.05, 0) is 18.8 Å². The van der Waals surface area contributed by atoms with E-state index in [1.54, 1.807) is 0 Å². The minimum absolute atomic E-state index is 0.142. The average Bonchev–Trinajstić information content (AvgIpc) is 2.42. The highest BCUT2D eigenvalue weighted by atomic mass is 32.2. The SMILES string of the molecule is CCC(C)CS(=O)(=O)C1CCCCCC1N. The molecule has 0 saturated heterocycles. The van der Waals surface area contributed by atoms with Gasteiger partial charge in [0, 0.05) is 6.04 Å². The molecule has 1 aliphatic rings. The smallest absolute Gasteiger partial charge is 0.154 e. The lowest BCUT2D eigenvalue weighted by molar-refractivity contribution is 0.516. The molecule has 96 valence electrons. The lowest BCUT2D eigenvalue weighted by atomic mass is 10.1. The monoisotopic (exact) mass is 247 g/mol. The zero-order valence-corrected chi connectivity index (χ0v) is 11.3. The minimum atomic E-state index is -2.99. The van der Waals surface area contributed by atoms with Crippen LogP contribution in [0.4, 0.5) is 0 Å². The van der Waals surface area contributed by atoms with Crippen LogP contribution < -0.4 is 5.73 Å². The van der Waals surface area contributed by atoms with Gasteiger partial charge in [-0.2, -0.15) is 0 Å². The zero-order chi connectivity index (χ0) is 12.2.